The van der Waals surface area contributed by atoms with Gasteiger partial charge >= 0.3 is 5.97 Å². The Hall–Kier alpha value is -0.790. The second-order valence-corrected chi connectivity index (χ2v) is 10.4. The molecule has 0 unspecified atom stereocenters. The van der Waals surface area contributed by atoms with Gasteiger partial charge in [0.05, 0.1) is 6.61 Å². The first-order valence-electron chi connectivity index (χ1n) is 15.6. The zero-order valence-corrected chi connectivity index (χ0v) is 23.6. The Kier molecular flexibility index (Phi) is 29.5. The molecule has 0 fully saturated rings. The third kappa shape index (κ3) is 29.2. The van der Waals surface area contributed by atoms with E-state index in [2.05, 4.69) is 19.1 Å². The molecular weight excluding hydrogens is 416 g/mol. The Labute approximate surface area is 215 Å². The molecule has 0 aromatic carbocycles. The van der Waals surface area contributed by atoms with Gasteiger partial charge in [0.2, 0.25) is 0 Å². The number of ether oxygens (including phenoxy) is 1. The van der Waals surface area contributed by atoms with E-state index < -0.39 is 0 Å². The van der Waals surface area contributed by atoms with Gasteiger partial charge in [-0.1, -0.05) is 147 Å². The number of hydrogen-bond donors (Lipinski definition) is 0. The summed E-state index contributed by atoms with van der Waals surface area (Å²) in [5.41, 5.74) is 0. The number of allylic oxidation sites excluding steroid dienone is 2. The van der Waals surface area contributed by atoms with Gasteiger partial charge in [-0.3, -0.25) is 4.79 Å². The molecule has 0 saturated carbocycles. The van der Waals surface area contributed by atoms with E-state index in [-0.39, 0.29) is 5.97 Å². The summed E-state index contributed by atoms with van der Waals surface area (Å²) < 4.78 is 4.96. The first-order valence-corrected chi connectivity index (χ1v) is 15.6. The van der Waals surface area contributed by atoms with E-state index in [4.69, 9.17) is 4.74 Å². The summed E-state index contributed by atoms with van der Waals surface area (Å²) in [6.45, 7) is 4.68. The fourth-order valence-electron chi connectivity index (χ4n) is 4.69. The maximum Gasteiger partial charge on any atom is 0.305 e. The predicted molar refractivity (Wildman–Crippen MR) is 151 cm³/mol. The van der Waals surface area contributed by atoms with Gasteiger partial charge in [0, 0.05) is 6.42 Å². The molecule has 0 saturated heterocycles. The van der Waals surface area contributed by atoms with Crippen LogP contribution in [0, 0.1) is 0 Å². The maximum absolute atomic E-state index is 11.3. The van der Waals surface area contributed by atoms with Gasteiger partial charge in [-0.05, 0) is 39.0 Å². The third-order valence-corrected chi connectivity index (χ3v) is 6.95. The van der Waals surface area contributed by atoms with Crippen molar-refractivity contribution in [1.29, 1.82) is 0 Å². The minimum atomic E-state index is -0.0300. The molecule has 0 radical (unpaired) electrons. The maximum atomic E-state index is 11.3. The number of carbonyl (C=O) groups excluding carboxylic acids is 1. The molecule has 0 aromatic rings. The van der Waals surface area contributed by atoms with Gasteiger partial charge in [-0.25, -0.2) is 0 Å². The van der Waals surface area contributed by atoms with E-state index in [0.29, 0.717) is 13.0 Å². The minimum Gasteiger partial charge on any atom is -0.466 e. The van der Waals surface area contributed by atoms with Crippen molar-refractivity contribution in [2.75, 3.05) is 6.61 Å². The highest BCUT2D eigenvalue weighted by molar-refractivity contribution is 5.69. The van der Waals surface area contributed by atoms with Crippen LogP contribution in [-0.4, -0.2) is 12.6 Å². The molecule has 0 spiro atoms. The Morgan fingerprint density at radius 3 is 1.15 bits per heavy atom. The molecule has 2 heteroatoms. The van der Waals surface area contributed by atoms with Crippen LogP contribution in [0.2, 0.25) is 0 Å². The van der Waals surface area contributed by atoms with Crippen molar-refractivity contribution < 1.29 is 9.53 Å². The van der Waals surface area contributed by atoms with Crippen LogP contribution in [0.25, 0.3) is 0 Å². The molecule has 0 bridgehead atoms. The highest BCUT2D eigenvalue weighted by Crippen LogP contribution is 2.14. The van der Waals surface area contributed by atoms with Gasteiger partial charge in [-0.2, -0.15) is 0 Å². The van der Waals surface area contributed by atoms with Crippen molar-refractivity contribution in [3.63, 3.8) is 0 Å². The van der Waals surface area contributed by atoms with Crippen molar-refractivity contribution in [2.24, 2.45) is 0 Å². The Bertz CT molecular complexity index is 415. The molecule has 0 rings (SSSR count). The smallest absolute Gasteiger partial charge is 0.305 e. The number of esters is 1. The van der Waals surface area contributed by atoms with E-state index in [1.165, 1.54) is 154 Å². The minimum absolute atomic E-state index is 0.0300. The van der Waals surface area contributed by atoms with Crippen LogP contribution < -0.4 is 0 Å². The molecule has 202 valence electrons. The summed E-state index contributed by atoms with van der Waals surface area (Å²) in [6.07, 6.45) is 39.8. The second kappa shape index (κ2) is 30.2. The molecule has 0 heterocycles. The van der Waals surface area contributed by atoms with Crippen molar-refractivity contribution >= 4 is 5.97 Å². The number of rotatable bonds is 28. The Balaban J connectivity index is 3.11. The molecule has 0 N–H and O–H groups in total. The van der Waals surface area contributed by atoms with Crippen molar-refractivity contribution in [3.8, 4) is 0 Å². The Morgan fingerprint density at radius 2 is 0.794 bits per heavy atom. The number of hydrogen-bond acceptors (Lipinski definition) is 2. The summed E-state index contributed by atoms with van der Waals surface area (Å²) >= 11 is 0. The zero-order valence-electron chi connectivity index (χ0n) is 23.6. The average Bonchev–Trinajstić information content (AvgIpc) is 2.83. The van der Waals surface area contributed by atoms with Gasteiger partial charge in [0.1, 0.15) is 0 Å². The summed E-state index contributed by atoms with van der Waals surface area (Å²) in [4.78, 5) is 11.3. The SMILES string of the molecule is CCCCCCCCCCCCCCC=CCCCCCCCCCCCCCC(=O)OCC. The van der Waals surface area contributed by atoms with Crippen LogP contribution >= 0.6 is 0 Å². The first-order chi connectivity index (χ1) is 16.8. The zero-order chi connectivity index (χ0) is 24.8. The number of unbranched alkanes of at least 4 members (excludes halogenated alkanes) is 23. The van der Waals surface area contributed by atoms with Crippen LogP contribution in [0.3, 0.4) is 0 Å². The van der Waals surface area contributed by atoms with Crippen molar-refractivity contribution in [1.82, 2.24) is 0 Å². The normalized spacial score (nSPS) is 11.5. The van der Waals surface area contributed by atoms with Gasteiger partial charge in [-0.15, -0.1) is 0 Å². The van der Waals surface area contributed by atoms with Crippen LogP contribution in [-0.2, 0) is 9.53 Å². The lowest BCUT2D eigenvalue weighted by atomic mass is 10.0. The standard InChI is InChI=1S/C32H62O2/c1-3-5-6-7-8-9-10-11-12-13-14-15-16-17-18-19-20-21-22-23-24-25-26-27-28-29-30-31-32(33)34-4-2/h17-18H,3-16,19-31H2,1-2H3. The molecular formula is C32H62O2. The second-order valence-electron chi connectivity index (χ2n) is 10.4. The predicted octanol–water partition coefficient (Wildman–Crippen LogP) is 11.3. The van der Waals surface area contributed by atoms with Crippen LogP contribution in [0.5, 0.6) is 0 Å². The fourth-order valence-corrected chi connectivity index (χ4v) is 4.69. The first kappa shape index (κ1) is 33.2. The summed E-state index contributed by atoms with van der Waals surface area (Å²) in [5.74, 6) is -0.0300. The monoisotopic (exact) mass is 478 g/mol. The summed E-state index contributed by atoms with van der Waals surface area (Å²) in [5, 5.41) is 0. The molecule has 0 aliphatic rings. The third-order valence-electron chi connectivity index (χ3n) is 6.95. The van der Waals surface area contributed by atoms with Crippen molar-refractivity contribution in [3.05, 3.63) is 12.2 Å². The van der Waals surface area contributed by atoms with E-state index in [1.807, 2.05) is 6.92 Å². The van der Waals surface area contributed by atoms with Crippen molar-refractivity contribution in [2.45, 2.75) is 181 Å². The molecule has 0 atom stereocenters. The van der Waals surface area contributed by atoms with Gasteiger partial charge in [0.25, 0.3) is 0 Å². The lowest BCUT2D eigenvalue weighted by Crippen LogP contribution is -2.03. The Morgan fingerprint density at radius 1 is 0.471 bits per heavy atom. The highest BCUT2D eigenvalue weighted by atomic mass is 16.5. The van der Waals surface area contributed by atoms with E-state index in [1.54, 1.807) is 0 Å². The van der Waals surface area contributed by atoms with E-state index in [0.717, 1.165) is 6.42 Å². The van der Waals surface area contributed by atoms with Gasteiger partial charge in [0.15, 0.2) is 0 Å². The molecule has 0 aliphatic carbocycles. The lowest BCUT2D eigenvalue weighted by Gasteiger charge is -2.03. The lowest BCUT2D eigenvalue weighted by molar-refractivity contribution is -0.143. The quantitative estimate of drug-likeness (QED) is 0.0634. The fraction of sp³-hybridized carbons (Fsp3) is 0.906. The van der Waals surface area contributed by atoms with Crippen LogP contribution in [0.1, 0.15) is 181 Å². The van der Waals surface area contributed by atoms with Crippen LogP contribution in [0.15, 0.2) is 12.2 Å². The largest absolute Gasteiger partial charge is 0.466 e. The van der Waals surface area contributed by atoms with Crippen LogP contribution in [0.4, 0.5) is 0 Å². The topological polar surface area (TPSA) is 26.3 Å². The molecule has 0 aromatic heterocycles. The van der Waals surface area contributed by atoms with E-state index >= 15 is 0 Å². The highest BCUT2D eigenvalue weighted by Gasteiger charge is 2.00. The molecule has 2 nitrogen and oxygen atoms in total. The van der Waals surface area contributed by atoms with Gasteiger partial charge < -0.3 is 4.74 Å². The molecule has 0 aliphatic heterocycles. The molecule has 0 amide bonds. The number of carbonyl (C=O) groups is 1. The molecule has 34 heavy (non-hydrogen) atoms. The summed E-state index contributed by atoms with van der Waals surface area (Å²) in [7, 11) is 0. The van der Waals surface area contributed by atoms with E-state index in [9.17, 15) is 4.79 Å². The summed E-state index contributed by atoms with van der Waals surface area (Å²) in [6, 6.07) is 0. The average molecular weight is 479 g/mol.